The van der Waals surface area contributed by atoms with E-state index in [2.05, 4.69) is 51.4 Å². The Labute approximate surface area is 148 Å². The van der Waals surface area contributed by atoms with Gasteiger partial charge >= 0.3 is 0 Å². The number of benzene rings is 2. The SMILES string of the molecule is Cc1nc(-c2ccc(-c3ccc(CN4CCCCC4)cc3)cc2)no1. The van der Waals surface area contributed by atoms with E-state index in [-0.39, 0.29) is 0 Å². The van der Waals surface area contributed by atoms with E-state index in [1.54, 1.807) is 6.92 Å². The van der Waals surface area contributed by atoms with Crippen LogP contribution in [0.1, 0.15) is 30.7 Å². The third kappa shape index (κ3) is 3.80. The highest BCUT2D eigenvalue weighted by Gasteiger charge is 2.10. The first kappa shape index (κ1) is 16.0. The topological polar surface area (TPSA) is 42.2 Å². The molecule has 0 aliphatic carbocycles. The molecule has 0 spiro atoms. The van der Waals surface area contributed by atoms with Crippen LogP contribution in [0, 0.1) is 6.92 Å². The molecule has 0 N–H and O–H groups in total. The molecule has 0 atom stereocenters. The maximum Gasteiger partial charge on any atom is 0.223 e. The molecule has 0 unspecified atom stereocenters. The lowest BCUT2D eigenvalue weighted by Gasteiger charge is -2.26. The number of likely N-dealkylation sites (tertiary alicyclic amines) is 1. The molecule has 3 aromatic rings. The van der Waals surface area contributed by atoms with E-state index in [0.29, 0.717) is 11.7 Å². The number of aromatic nitrogens is 2. The van der Waals surface area contributed by atoms with E-state index in [1.165, 1.54) is 49.0 Å². The van der Waals surface area contributed by atoms with E-state index in [1.807, 2.05) is 12.1 Å². The Hall–Kier alpha value is -2.46. The zero-order valence-corrected chi connectivity index (χ0v) is 14.6. The van der Waals surface area contributed by atoms with Crippen molar-refractivity contribution >= 4 is 0 Å². The fraction of sp³-hybridized carbons (Fsp3) is 0.333. The quantitative estimate of drug-likeness (QED) is 0.694. The van der Waals surface area contributed by atoms with Crippen molar-refractivity contribution in [2.75, 3.05) is 13.1 Å². The molecule has 1 saturated heterocycles. The van der Waals surface area contributed by atoms with Gasteiger partial charge < -0.3 is 4.52 Å². The highest BCUT2D eigenvalue weighted by molar-refractivity contribution is 5.67. The Bertz CT molecular complexity index is 815. The monoisotopic (exact) mass is 333 g/mol. The highest BCUT2D eigenvalue weighted by Crippen LogP contribution is 2.24. The van der Waals surface area contributed by atoms with E-state index in [9.17, 15) is 0 Å². The van der Waals surface area contributed by atoms with Crippen molar-refractivity contribution in [2.45, 2.75) is 32.7 Å². The molecule has 0 saturated carbocycles. The first-order chi connectivity index (χ1) is 12.3. The van der Waals surface area contributed by atoms with Crippen molar-refractivity contribution < 1.29 is 4.52 Å². The zero-order valence-electron chi connectivity index (χ0n) is 14.6. The Morgan fingerprint density at radius 3 is 2.04 bits per heavy atom. The number of rotatable bonds is 4. The van der Waals surface area contributed by atoms with Crippen LogP contribution in [0.5, 0.6) is 0 Å². The molecule has 2 heterocycles. The minimum atomic E-state index is 0.586. The van der Waals surface area contributed by atoms with Crippen LogP contribution >= 0.6 is 0 Å². The first-order valence-electron chi connectivity index (χ1n) is 9.00. The Morgan fingerprint density at radius 1 is 0.840 bits per heavy atom. The van der Waals surface area contributed by atoms with Crippen LogP contribution in [0.2, 0.25) is 0 Å². The average molecular weight is 333 g/mol. The molecule has 0 amide bonds. The predicted octanol–water partition coefficient (Wildman–Crippen LogP) is 4.70. The molecule has 25 heavy (non-hydrogen) atoms. The molecule has 128 valence electrons. The van der Waals surface area contributed by atoms with E-state index >= 15 is 0 Å². The minimum Gasteiger partial charge on any atom is -0.339 e. The molecule has 2 aromatic carbocycles. The molecular weight excluding hydrogens is 310 g/mol. The number of hydrogen-bond acceptors (Lipinski definition) is 4. The number of nitrogens with zero attached hydrogens (tertiary/aromatic N) is 3. The first-order valence-corrected chi connectivity index (χ1v) is 9.00. The summed E-state index contributed by atoms with van der Waals surface area (Å²) in [6, 6.07) is 17.2. The van der Waals surface area contributed by atoms with Crippen LogP contribution in [0.25, 0.3) is 22.5 Å². The molecule has 1 aromatic heterocycles. The number of piperidine rings is 1. The van der Waals surface area contributed by atoms with Crippen molar-refractivity contribution in [3.8, 4) is 22.5 Å². The summed E-state index contributed by atoms with van der Waals surface area (Å²) in [5, 5.41) is 3.96. The largest absolute Gasteiger partial charge is 0.339 e. The summed E-state index contributed by atoms with van der Waals surface area (Å²) >= 11 is 0. The molecule has 0 bridgehead atoms. The van der Waals surface area contributed by atoms with E-state index in [0.717, 1.165) is 12.1 Å². The van der Waals surface area contributed by atoms with Gasteiger partial charge in [-0.05, 0) is 42.6 Å². The van der Waals surface area contributed by atoms with Crippen LogP contribution < -0.4 is 0 Å². The lowest BCUT2D eigenvalue weighted by Crippen LogP contribution is -2.28. The summed E-state index contributed by atoms with van der Waals surface area (Å²) in [4.78, 5) is 6.82. The molecule has 1 aliphatic heterocycles. The molecular formula is C21H23N3O. The lowest BCUT2D eigenvalue weighted by molar-refractivity contribution is 0.221. The summed E-state index contributed by atoms with van der Waals surface area (Å²) in [6.45, 7) is 5.34. The third-order valence-corrected chi connectivity index (χ3v) is 4.81. The van der Waals surface area contributed by atoms with Crippen LogP contribution in [0.15, 0.2) is 53.1 Å². The van der Waals surface area contributed by atoms with Gasteiger partial charge in [-0.25, -0.2) is 0 Å². The summed E-state index contributed by atoms with van der Waals surface area (Å²) in [6.07, 6.45) is 4.06. The van der Waals surface area contributed by atoms with Crippen molar-refractivity contribution in [3.63, 3.8) is 0 Å². The Kier molecular flexibility index (Phi) is 4.61. The molecule has 1 aliphatic rings. The van der Waals surface area contributed by atoms with Crippen LogP contribution in [-0.4, -0.2) is 28.1 Å². The molecule has 0 radical (unpaired) electrons. The summed E-state index contributed by atoms with van der Waals surface area (Å²) in [7, 11) is 0. The summed E-state index contributed by atoms with van der Waals surface area (Å²) in [5.74, 6) is 1.23. The fourth-order valence-corrected chi connectivity index (χ4v) is 3.41. The second-order valence-corrected chi connectivity index (χ2v) is 6.75. The van der Waals surface area contributed by atoms with Crippen LogP contribution in [-0.2, 0) is 6.54 Å². The van der Waals surface area contributed by atoms with Gasteiger partial charge in [-0.3, -0.25) is 4.90 Å². The van der Waals surface area contributed by atoms with Gasteiger partial charge in [-0.15, -0.1) is 0 Å². The van der Waals surface area contributed by atoms with Gasteiger partial charge in [-0.2, -0.15) is 4.98 Å². The van der Waals surface area contributed by atoms with Crippen molar-refractivity contribution in [1.29, 1.82) is 0 Å². The normalized spacial score (nSPS) is 15.4. The zero-order chi connectivity index (χ0) is 17.1. The van der Waals surface area contributed by atoms with Gasteiger partial charge in [0.25, 0.3) is 0 Å². The van der Waals surface area contributed by atoms with Gasteiger partial charge in [0.15, 0.2) is 0 Å². The van der Waals surface area contributed by atoms with Crippen molar-refractivity contribution in [3.05, 3.63) is 60.0 Å². The van der Waals surface area contributed by atoms with E-state index < -0.39 is 0 Å². The number of hydrogen-bond donors (Lipinski definition) is 0. The summed E-state index contributed by atoms with van der Waals surface area (Å²) < 4.78 is 5.04. The fourth-order valence-electron chi connectivity index (χ4n) is 3.41. The van der Waals surface area contributed by atoms with Crippen LogP contribution in [0.4, 0.5) is 0 Å². The summed E-state index contributed by atoms with van der Waals surface area (Å²) in [5.41, 5.74) is 4.80. The molecule has 1 fully saturated rings. The van der Waals surface area contributed by atoms with Gasteiger partial charge in [0.05, 0.1) is 0 Å². The smallest absolute Gasteiger partial charge is 0.223 e. The maximum absolute atomic E-state index is 5.04. The van der Waals surface area contributed by atoms with Gasteiger partial charge in [-0.1, -0.05) is 60.1 Å². The Balaban J connectivity index is 1.46. The third-order valence-electron chi connectivity index (χ3n) is 4.81. The van der Waals surface area contributed by atoms with Gasteiger partial charge in [0.1, 0.15) is 0 Å². The lowest BCUT2D eigenvalue weighted by atomic mass is 10.0. The highest BCUT2D eigenvalue weighted by atomic mass is 16.5. The molecule has 4 nitrogen and oxygen atoms in total. The van der Waals surface area contributed by atoms with Crippen molar-refractivity contribution in [1.82, 2.24) is 15.0 Å². The standard InChI is InChI=1S/C21H23N3O/c1-16-22-21(23-25-16)20-11-9-19(10-12-20)18-7-5-17(6-8-18)15-24-13-3-2-4-14-24/h5-12H,2-4,13-15H2,1H3. The van der Waals surface area contributed by atoms with Gasteiger partial charge in [0, 0.05) is 19.0 Å². The molecule has 4 rings (SSSR count). The Morgan fingerprint density at radius 2 is 1.44 bits per heavy atom. The van der Waals surface area contributed by atoms with Crippen molar-refractivity contribution in [2.24, 2.45) is 0 Å². The average Bonchev–Trinajstić information content (AvgIpc) is 3.10. The van der Waals surface area contributed by atoms with Crippen LogP contribution in [0.3, 0.4) is 0 Å². The number of aryl methyl sites for hydroxylation is 1. The molecule has 4 heteroatoms. The predicted molar refractivity (Wildman–Crippen MR) is 99.0 cm³/mol. The van der Waals surface area contributed by atoms with Gasteiger partial charge in [0.2, 0.25) is 11.7 Å². The second-order valence-electron chi connectivity index (χ2n) is 6.75. The minimum absolute atomic E-state index is 0.586. The maximum atomic E-state index is 5.04. The second kappa shape index (κ2) is 7.19. The van der Waals surface area contributed by atoms with E-state index in [4.69, 9.17) is 4.52 Å².